The number of carbonyl (C=O) groups is 2. The highest BCUT2D eigenvalue weighted by Gasteiger charge is 2.61. The molecule has 5 fully saturated rings. The Morgan fingerprint density at radius 2 is 1.75 bits per heavy atom. The van der Waals surface area contributed by atoms with Crippen LogP contribution in [-0.4, -0.2) is 73.5 Å². The molecule has 3 aliphatic carbocycles. The Balaban J connectivity index is 1.05. The van der Waals surface area contributed by atoms with E-state index in [9.17, 15) is 9.59 Å². The van der Waals surface area contributed by atoms with Crippen molar-refractivity contribution in [3.05, 3.63) is 76.9 Å². The quantitative estimate of drug-likeness (QED) is 0.193. The van der Waals surface area contributed by atoms with Crippen LogP contribution in [0.5, 0.6) is 5.75 Å². The maximum atomic E-state index is 14.0. The molecule has 2 aromatic carbocycles. The highest BCUT2D eigenvalue weighted by Crippen LogP contribution is 2.60. The summed E-state index contributed by atoms with van der Waals surface area (Å²) in [5, 5.41) is 1.64. The van der Waals surface area contributed by atoms with Crippen molar-refractivity contribution in [3.8, 4) is 17.3 Å². The lowest BCUT2D eigenvalue weighted by Crippen LogP contribution is -2.53. The summed E-state index contributed by atoms with van der Waals surface area (Å²) in [4.78, 5) is 41.4. The zero-order valence-corrected chi connectivity index (χ0v) is 27.6. The van der Waals surface area contributed by atoms with Gasteiger partial charge in [0.25, 0.3) is 11.8 Å². The number of hydrogen-bond acceptors (Lipinski definition) is 5. The predicted molar refractivity (Wildman–Crippen MR) is 183 cm³/mol. The SMILES string of the molecule is COc1cc(C(=O)N2CC3CC4CC2[C@H]43)cc2nc(-c3cc4cccnc4n3CC3CC3)n(CC3CN(C(=O)c4cccc(Cl)c4)C3)c12. The fourth-order valence-electron chi connectivity index (χ4n) is 9.18. The van der Waals surface area contributed by atoms with Gasteiger partial charge in [-0.05, 0) is 97.9 Å². The molecule has 0 bridgehead atoms. The van der Waals surface area contributed by atoms with E-state index in [2.05, 4.69) is 26.2 Å². The normalized spacial score (nSPS) is 24.4. The molecule has 10 rings (SSSR count). The second-order valence-electron chi connectivity index (χ2n) is 14.8. The summed E-state index contributed by atoms with van der Waals surface area (Å²) >= 11 is 6.18. The van der Waals surface area contributed by atoms with Crippen molar-refractivity contribution in [1.82, 2.24) is 28.9 Å². The average molecular weight is 661 g/mol. The van der Waals surface area contributed by atoms with Gasteiger partial charge < -0.3 is 23.7 Å². The third kappa shape index (κ3) is 4.35. The molecule has 5 aliphatic rings. The van der Waals surface area contributed by atoms with Crippen molar-refractivity contribution in [2.24, 2.45) is 29.6 Å². The molecule has 5 heterocycles. The number of likely N-dealkylation sites (tertiary alicyclic amines) is 2. The number of halogens is 1. The molecule has 10 heteroatoms. The number of methoxy groups -OCH3 is 1. The topological polar surface area (TPSA) is 85.5 Å². The Labute approximate surface area is 283 Å². The number of hydrogen-bond donors (Lipinski definition) is 0. The summed E-state index contributed by atoms with van der Waals surface area (Å²) in [6.45, 7) is 3.69. The van der Waals surface area contributed by atoms with Crippen molar-refractivity contribution in [1.29, 1.82) is 0 Å². The van der Waals surface area contributed by atoms with Crippen LogP contribution in [0.2, 0.25) is 5.02 Å². The number of nitrogens with zero attached hydrogens (tertiary/aromatic N) is 6. The highest BCUT2D eigenvalue weighted by atomic mass is 35.5. The van der Waals surface area contributed by atoms with Gasteiger partial charge in [-0.1, -0.05) is 17.7 Å². The highest BCUT2D eigenvalue weighted by molar-refractivity contribution is 6.31. The van der Waals surface area contributed by atoms with E-state index < -0.39 is 0 Å². The van der Waals surface area contributed by atoms with Gasteiger partial charge in [0.1, 0.15) is 16.9 Å². The number of ether oxygens (including phenoxy) is 1. The Kier molecular flexibility index (Phi) is 6.30. The maximum absolute atomic E-state index is 14.0. The van der Waals surface area contributed by atoms with E-state index in [1.807, 2.05) is 41.4 Å². The maximum Gasteiger partial charge on any atom is 0.254 e. The standard InChI is InChI=1S/C38H37ClN6O3/c1-48-32-15-26(38(47)44-20-27-10-25-14-30(44)33(25)27)12-29-34(32)45(19-22-16-42(17-22)37(46)24-4-2-6-28(39)11-24)36(41-29)31-13-23-5-3-9-40-35(23)43(31)18-21-7-8-21/h2-6,9,11-13,15,21-22,25,27,30,33H,7-8,10,14,16-20H2,1H3/t25?,27?,30?,33-/m1/s1. The van der Waals surface area contributed by atoms with Crippen molar-refractivity contribution in [2.75, 3.05) is 26.7 Å². The van der Waals surface area contributed by atoms with Crippen molar-refractivity contribution in [2.45, 2.75) is 44.8 Å². The Hall–Kier alpha value is -4.37. The largest absolute Gasteiger partial charge is 0.494 e. The fraction of sp³-hybridized carbons (Fsp3) is 0.421. The molecule has 3 saturated carbocycles. The van der Waals surface area contributed by atoms with E-state index in [0.717, 1.165) is 59.0 Å². The van der Waals surface area contributed by atoms with Crippen LogP contribution >= 0.6 is 11.6 Å². The molecule has 0 N–H and O–H groups in total. The molecule has 2 saturated heterocycles. The molecular formula is C38H37ClN6O3. The Morgan fingerprint density at radius 1 is 0.896 bits per heavy atom. The van der Waals surface area contributed by atoms with E-state index in [0.29, 0.717) is 65.3 Å². The summed E-state index contributed by atoms with van der Waals surface area (Å²) in [7, 11) is 1.68. The van der Waals surface area contributed by atoms with Gasteiger partial charge in [-0.15, -0.1) is 0 Å². The smallest absolute Gasteiger partial charge is 0.254 e. The molecule has 2 amide bonds. The van der Waals surface area contributed by atoms with Crippen LogP contribution in [0.3, 0.4) is 0 Å². The van der Waals surface area contributed by atoms with Crippen LogP contribution in [0, 0.1) is 29.6 Å². The van der Waals surface area contributed by atoms with Gasteiger partial charge in [0, 0.05) is 72.4 Å². The van der Waals surface area contributed by atoms with Crippen LogP contribution in [0.4, 0.5) is 0 Å². The number of carbonyl (C=O) groups excluding carboxylic acids is 2. The Bertz CT molecular complexity index is 2140. The summed E-state index contributed by atoms with van der Waals surface area (Å²) in [6, 6.07) is 17.7. The second-order valence-corrected chi connectivity index (χ2v) is 15.2. The average Bonchev–Trinajstić information content (AvgIpc) is 3.71. The van der Waals surface area contributed by atoms with Crippen LogP contribution in [-0.2, 0) is 13.1 Å². The summed E-state index contributed by atoms with van der Waals surface area (Å²) in [5.41, 5.74) is 4.86. The lowest BCUT2D eigenvalue weighted by molar-refractivity contribution is -0.0204. The molecule has 48 heavy (non-hydrogen) atoms. The van der Waals surface area contributed by atoms with Gasteiger partial charge in [0.2, 0.25) is 0 Å². The molecule has 2 aliphatic heterocycles. The number of aromatic nitrogens is 4. The number of pyridine rings is 1. The van der Waals surface area contributed by atoms with E-state index in [4.69, 9.17) is 26.3 Å². The molecule has 5 aromatic rings. The zero-order valence-electron chi connectivity index (χ0n) is 26.9. The van der Waals surface area contributed by atoms with Crippen molar-refractivity contribution < 1.29 is 14.3 Å². The monoisotopic (exact) mass is 660 g/mol. The van der Waals surface area contributed by atoms with Gasteiger partial charge in [-0.25, -0.2) is 9.97 Å². The number of benzene rings is 2. The summed E-state index contributed by atoms with van der Waals surface area (Å²) in [5.74, 6) is 4.64. The van der Waals surface area contributed by atoms with Gasteiger partial charge in [-0.2, -0.15) is 0 Å². The first-order valence-electron chi connectivity index (χ1n) is 17.3. The lowest BCUT2D eigenvalue weighted by Gasteiger charge is -2.52. The first kappa shape index (κ1) is 28.6. The first-order valence-corrected chi connectivity index (χ1v) is 17.7. The van der Waals surface area contributed by atoms with E-state index >= 15 is 0 Å². The lowest BCUT2D eigenvalue weighted by atomic mass is 9.53. The van der Waals surface area contributed by atoms with E-state index in [1.165, 1.54) is 19.3 Å². The van der Waals surface area contributed by atoms with Crippen LogP contribution in [0.1, 0.15) is 46.4 Å². The molecule has 4 atom stereocenters. The molecule has 9 nitrogen and oxygen atoms in total. The number of imidazole rings is 1. The number of amides is 2. The molecule has 0 spiro atoms. The van der Waals surface area contributed by atoms with Crippen LogP contribution in [0.15, 0.2) is 60.8 Å². The zero-order chi connectivity index (χ0) is 32.3. The molecule has 3 aromatic heterocycles. The molecule has 0 radical (unpaired) electrons. The minimum Gasteiger partial charge on any atom is -0.494 e. The predicted octanol–water partition coefficient (Wildman–Crippen LogP) is 6.38. The van der Waals surface area contributed by atoms with Gasteiger partial charge in [-0.3, -0.25) is 9.59 Å². The summed E-state index contributed by atoms with van der Waals surface area (Å²) in [6.07, 6.45) is 6.71. The van der Waals surface area contributed by atoms with Crippen molar-refractivity contribution in [3.63, 3.8) is 0 Å². The van der Waals surface area contributed by atoms with Gasteiger partial charge in [0.15, 0.2) is 5.82 Å². The molecule has 244 valence electrons. The third-order valence-corrected chi connectivity index (χ3v) is 12.1. The first-order chi connectivity index (χ1) is 23.4. The fourth-order valence-corrected chi connectivity index (χ4v) is 9.37. The van der Waals surface area contributed by atoms with Gasteiger partial charge in [0.05, 0.1) is 18.3 Å². The second kappa shape index (κ2) is 10.6. The minimum absolute atomic E-state index is 0.00559. The summed E-state index contributed by atoms with van der Waals surface area (Å²) < 4.78 is 10.6. The third-order valence-electron chi connectivity index (χ3n) is 11.8. The molecular weight excluding hydrogens is 624 g/mol. The van der Waals surface area contributed by atoms with Crippen LogP contribution in [0.25, 0.3) is 33.6 Å². The molecule has 3 unspecified atom stereocenters. The Morgan fingerprint density at radius 3 is 2.52 bits per heavy atom. The minimum atomic E-state index is -0.00559. The van der Waals surface area contributed by atoms with Gasteiger partial charge >= 0.3 is 0 Å². The van der Waals surface area contributed by atoms with E-state index in [-0.39, 0.29) is 17.7 Å². The van der Waals surface area contributed by atoms with Crippen molar-refractivity contribution >= 4 is 45.5 Å². The number of fused-ring (bicyclic) bond motifs is 2. The van der Waals surface area contributed by atoms with Crippen LogP contribution < -0.4 is 4.74 Å². The van der Waals surface area contributed by atoms with E-state index in [1.54, 1.807) is 19.2 Å². The number of rotatable bonds is 8.